The van der Waals surface area contributed by atoms with Crippen molar-refractivity contribution < 1.29 is 18.3 Å². The van der Waals surface area contributed by atoms with Gasteiger partial charge in [-0.05, 0) is 54.4 Å². The van der Waals surface area contributed by atoms with E-state index in [9.17, 15) is 9.18 Å². The lowest BCUT2D eigenvalue weighted by atomic mass is 10.2. The standard InChI is InChI=1S/C20H18FNO3/c1-14-3-2-4-17(11-14)24-13-18-9-10-19(25-18)20(23)22-12-15-5-7-16(21)8-6-15/h2-11H,12-13H2,1H3,(H,22,23). The number of halogens is 1. The summed E-state index contributed by atoms with van der Waals surface area (Å²) in [5, 5.41) is 2.73. The van der Waals surface area contributed by atoms with Crippen molar-refractivity contribution in [3.8, 4) is 5.75 Å². The van der Waals surface area contributed by atoms with E-state index in [1.54, 1.807) is 24.3 Å². The molecule has 3 aromatic rings. The first-order valence-electron chi connectivity index (χ1n) is 7.91. The van der Waals surface area contributed by atoms with Gasteiger partial charge < -0.3 is 14.5 Å². The molecule has 1 amide bonds. The van der Waals surface area contributed by atoms with E-state index < -0.39 is 0 Å². The number of carbonyl (C=O) groups is 1. The van der Waals surface area contributed by atoms with Crippen molar-refractivity contribution in [2.75, 3.05) is 0 Å². The van der Waals surface area contributed by atoms with Crippen LogP contribution in [0.25, 0.3) is 0 Å². The Morgan fingerprint density at radius 1 is 1.12 bits per heavy atom. The van der Waals surface area contributed by atoms with Crippen LogP contribution in [0.3, 0.4) is 0 Å². The Kier molecular flexibility index (Phi) is 5.14. The number of benzene rings is 2. The molecule has 0 aliphatic rings. The van der Waals surface area contributed by atoms with Crippen molar-refractivity contribution in [2.45, 2.75) is 20.1 Å². The summed E-state index contributed by atoms with van der Waals surface area (Å²) in [6.07, 6.45) is 0. The van der Waals surface area contributed by atoms with Crippen molar-refractivity contribution in [3.05, 3.63) is 89.1 Å². The number of furan rings is 1. The molecule has 1 aromatic heterocycles. The van der Waals surface area contributed by atoms with Crippen LogP contribution in [0.1, 0.15) is 27.4 Å². The zero-order valence-corrected chi connectivity index (χ0v) is 13.8. The lowest BCUT2D eigenvalue weighted by molar-refractivity contribution is 0.0919. The van der Waals surface area contributed by atoms with Crippen molar-refractivity contribution in [1.29, 1.82) is 0 Å². The molecule has 0 fully saturated rings. The molecule has 0 atom stereocenters. The van der Waals surface area contributed by atoms with Crippen molar-refractivity contribution in [3.63, 3.8) is 0 Å². The van der Waals surface area contributed by atoms with Crippen LogP contribution in [-0.4, -0.2) is 5.91 Å². The fourth-order valence-corrected chi connectivity index (χ4v) is 2.31. The van der Waals surface area contributed by atoms with E-state index >= 15 is 0 Å². The zero-order valence-electron chi connectivity index (χ0n) is 13.8. The Morgan fingerprint density at radius 3 is 2.68 bits per heavy atom. The fourth-order valence-electron chi connectivity index (χ4n) is 2.31. The molecule has 0 saturated carbocycles. The van der Waals surface area contributed by atoms with E-state index in [0.29, 0.717) is 12.3 Å². The predicted octanol–water partition coefficient (Wildman–Crippen LogP) is 4.24. The van der Waals surface area contributed by atoms with Gasteiger partial charge in [0.2, 0.25) is 0 Å². The summed E-state index contributed by atoms with van der Waals surface area (Å²) in [6.45, 7) is 2.53. The lowest BCUT2D eigenvalue weighted by Gasteiger charge is -2.05. The average molecular weight is 339 g/mol. The highest BCUT2D eigenvalue weighted by molar-refractivity contribution is 5.91. The van der Waals surface area contributed by atoms with Gasteiger partial charge in [-0.3, -0.25) is 4.79 Å². The minimum Gasteiger partial charge on any atom is -0.486 e. The molecule has 0 aliphatic carbocycles. The number of hydrogen-bond acceptors (Lipinski definition) is 3. The van der Waals surface area contributed by atoms with Gasteiger partial charge in [-0.25, -0.2) is 4.39 Å². The van der Waals surface area contributed by atoms with Crippen LogP contribution < -0.4 is 10.1 Å². The van der Waals surface area contributed by atoms with Gasteiger partial charge in [0.25, 0.3) is 5.91 Å². The number of nitrogens with one attached hydrogen (secondary N) is 1. The number of carbonyl (C=O) groups excluding carboxylic acids is 1. The molecule has 1 N–H and O–H groups in total. The van der Waals surface area contributed by atoms with E-state index in [2.05, 4.69) is 5.32 Å². The van der Waals surface area contributed by atoms with Crippen LogP contribution >= 0.6 is 0 Å². The van der Waals surface area contributed by atoms with Crippen LogP contribution in [0.4, 0.5) is 4.39 Å². The molecule has 1 heterocycles. The Bertz CT molecular complexity index is 855. The summed E-state index contributed by atoms with van der Waals surface area (Å²) >= 11 is 0. The molecular weight excluding hydrogens is 321 g/mol. The maximum Gasteiger partial charge on any atom is 0.287 e. The van der Waals surface area contributed by atoms with Crippen molar-refractivity contribution in [1.82, 2.24) is 5.32 Å². The van der Waals surface area contributed by atoms with Crippen LogP contribution in [0.5, 0.6) is 5.75 Å². The van der Waals surface area contributed by atoms with E-state index in [0.717, 1.165) is 16.9 Å². The van der Waals surface area contributed by atoms with Crippen LogP contribution in [-0.2, 0) is 13.2 Å². The highest BCUT2D eigenvalue weighted by atomic mass is 19.1. The maximum absolute atomic E-state index is 12.9. The molecule has 0 saturated heterocycles. The normalized spacial score (nSPS) is 10.5. The molecule has 25 heavy (non-hydrogen) atoms. The third-order valence-corrected chi connectivity index (χ3v) is 3.62. The second kappa shape index (κ2) is 7.66. The van der Waals surface area contributed by atoms with Gasteiger partial charge in [0.1, 0.15) is 23.9 Å². The third-order valence-electron chi connectivity index (χ3n) is 3.62. The average Bonchev–Trinajstić information content (AvgIpc) is 3.08. The summed E-state index contributed by atoms with van der Waals surface area (Å²) in [4.78, 5) is 12.1. The van der Waals surface area contributed by atoms with E-state index in [-0.39, 0.29) is 24.1 Å². The monoisotopic (exact) mass is 339 g/mol. The summed E-state index contributed by atoms with van der Waals surface area (Å²) in [6, 6.07) is 17.0. The summed E-state index contributed by atoms with van der Waals surface area (Å²) < 4.78 is 24.0. The van der Waals surface area contributed by atoms with Crippen molar-refractivity contribution in [2.24, 2.45) is 0 Å². The van der Waals surface area contributed by atoms with Gasteiger partial charge in [0.05, 0.1) is 0 Å². The first-order chi connectivity index (χ1) is 12.1. The maximum atomic E-state index is 12.9. The smallest absolute Gasteiger partial charge is 0.287 e. The van der Waals surface area contributed by atoms with Gasteiger partial charge >= 0.3 is 0 Å². The number of ether oxygens (including phenoxy) is 1. The fraction of sp³-hybridized carbons (Fsp3) is 0.150. The minimum atomic E-state index is -0.328. The number of amides is 1. The topological polar surface area (TPSA) is 51.5 Å². The van der Waals surface area contributed by atoms with E-state index in [1.165, 1.54) is 12.1 Å². The molecule has 4 nitrogen and oxygen atoms in total. The second-order valence-electron chi connectivity index (χ2n) is 5.68. The quantitative estimate of drug-likeness (QED) is 0.731. The minimum absolute atomic E-state index is 0.213. The first kappa shape index (κ1) is 16.8. The summed E-state index contributed by atoms with van der Waals surface area (Å²) in [7, 11) is 0. The van der Waals surface area contributed by atoms with Crippen LogP contribution in [0, 0.1) is 12.7 Å². The number of rotatable bonds is 6. The van der Waals surface area contributed by atoms with Gasteiger partial charge in [0.15, 0.2) is 5.76 Å². The molecule has 0 bridgehead atoms. The van der Waals surface area contributed by atoms with Gasteiger partial charge in [-0.1, -0.05) is 24.3 Å². The molecule has 0 radical (unpaired) electrons. The van der Waals surface area contributed by atoms with Gasteiger partial charge in [0, 0.05) is 6.54 Å². The van der Waals surface area contributed by atoms with Crippen LogP contribution in [0.2, 0.25) is 0 Å². The Labute approximate surface area is 145 Å². The number of aryl methyl sites for hydroxylation is 1. The Balaban J connectivity index is 1.53. The summed E-state index contributed by atoms with van der Waals surface area (Å²) in [5.74, 6) is 0.891. The predicted molar refractivity (Wildman–Crippen MR) is 91.8 cm³/mol. The molecule has 128 valence electrons. The zero-order chi connectivity index (χ0) is 17.6. The van der Waals surface area contributed by atoms with E-state index in [1.807, 2.05) is 31.2 Å². The Morgan fingerprint density at radius 2 is 1.92 bits per heavy atom. The summed E-state index contributed by atoms with van der Waals surface area (Å²) in [5.41, 5.74) is 1.92. The van der Waals surface area contributed by atoms with Crippen LogP contribution in [0.15, 0.2) is 65.1 Å². The third kappa shape index (κ3) is 4.70. The molecule has 2 aromatic carbocycles. The lowest BCUT2D eigenvalue weighted by Crippen LogP contribution is -2.22. The van der Waals surface area contributed by atoms with Gasteiger partial charge in [-0.2, -0.15) is 0 Å². The largest absolute Gasteiger partial charge is 0.486 e. The molecule has 3 rings (SSSR count). The highest BCUT2D eigenvalue weighted by Crippen LogP contribution is 2.16. The van der Waals surface area contributed by atoms with Gasteiger partial charge in [-0.15, -0.1) is 0 Å². The molecular formula is C20H18FNO3. The van der Waals surface area contributed by atoms with E-state index in [4.69, 9.17) is 9.15 Å². The molecule has 0 spiro atoms. The Hall–Kier alpha value is -3.08. The molecule has 5 heteroatoms. The highest BCUT2D eigenvalue weighted by Gasteiger charge is 2.11. The second-order valence-corrected chi connectivity index (χ2v) is 5.68. The molecule has 0 unspecified atom stereocenters. The van der Waals surface area contributed by atoms with Crippen molar-refractivity contribution >= 4 is 5.91 Å². The molecule has 0 aliphatic heterocycles. The SMILES string of the molecule is Cc1cccc(OCc2ccc(C(=O)NCc3ccc(F)cc3)o2)c1. The number of hydrogen-bond donors (Lipinski definition) is 1. The first-order valence-corrected chi connectivity index (χ1v) is 7.91.